The molecule has 4 rings (SSSR count). The highest BCUT2D eigenvalue weighted by molar-refractivity contribution is 6.04. The van der Waals surface area contributed by atoms with E-state index >= 15 is 0 Å². The molecule has 0 aliphatic carbocycles. The van der Waals surface area contributed by atoms with Gasteiger partial charge in [-0.25, -0.2) is 4.98 Å². The number of hydrogen-bond donors (Lipinski definition) is 0. The van der Waals surface area contributed by atoms with Crippen LogP contribution in [0.15, 0.2) is 54.1 Å². The molecule has 0 saturated heterocycles. The van der Waals surface area contributed by atoms with Gasteiger partial charge in [-0.05, 0) is 42.3 Å². The van der Waals surface area contributed by atoms with Crippen LogP contribution in [0.25, 0.3) is 16.6 Å². The number of nitrogens with zero attached hydrogens (tertiary/aromatic N) is 4. The van der Waals surface area contributed by atoms with Gasteiger partial charge in [-0.15, -0.1) is 0 Å². The van der Waals surface area contributed by atoms with Crippen LogP contribution in [0, 0.1) is 22.7 Å². The van der Waals surface area contributed by atoms with E-state index in [1.807, 2.05) is 30.3 Å². The van der Waals surface area contributed by atoms with Crippen LogP contribution >= 0.6 is 0 Å². The van der Waals surface area contributed by atoms with Crippen molar-refractivity contribution in [2.45, 2.75) is 12.8 Å². The Hall–Kier alpha value is -3.70. The van der Waals surface area contributed by atoms with Crippen molar-refractivity contribution < 1.29 is 4.79 Å². The average Bonchev–Trinajstić information content (AvgIpc) is 3.02. The molecule has 1 aromatic heterocycles. The summed E-state index contributed by atoms with van der Waals surface area (Å²) < 4.78 is 1.52. The summed E-state index contributed by atoms with van der Waals surface area (Å²) >= 11 is 0. The molecule has 118 valence electrons. The second-order valence-electron chi connectivity index (χ2n) is 5.94. The molecule has 1 aliphatic heterocycles. The van der Waals surface area contributed by atoms with Crippen LogP contribution in [0.4, 0.5) is 0 Å². The number of hydrogen-bond acceptors (Lipinski definition) is 4. The first kappa shape index (κ1) is 14.9. The van der Waals surface area contributed by atoms with E-state index in [0.29, 0.717) is 39.1 Å². The molecule has 1 atom stereocenters. The van der Waals surface area contributed by atoms with E-state index in [2.05, 4.69) is 17.1 Å². The average molecular weight is 324 g/mol. The van der Waals surface area contributed by atoms with Gasteiger partial charge in [-0.3, -0.25) is 9.36 Å². The second kappa shape index (κ2) is 5.43. The lowest BCUT2D eigenvalue weighted by Crippen LogP contribution is -2.27. The van der Waals surface area contributed by atoms with E-state index in [-0.39, 0.29) is 5.91 Å². The van der Waals surface area contributed by atoms with Gasteiger partial charge in [0.15, 0.2) is 5.82 Å². The van der Waals surface area contributed by atoms with E-state index in [4.69, 9.17) is 5.26 Å². The number of allylic oxidation sites excluding steroid dienone is 2. The van der Waals surface area contributed by atoms with Crippen LogP contribution in [-0.2, 0) is 0 Å². The summed E-state index contributed by atoms with van der Waals surface area (Å²) in [4.78, 5) is 17.7. The lowest BCUT2D eigenvalue weighted by Gasteiger charge is -2.24. The number of carbonyl (C=O) groups is 1. The van der Waals surface area contributed by atoms with Crippen molar-refractivity contribution >= 4 is 22.5 Å². The fraction of sp³-hybridized carbons (Fsp3) is 0.100. The Morgan fingerprint density at radius 3 is 2.64 bits per heavy atom. The van der Waals surface area contributed by atoms with Crippen LogP contribution in [0.3, 0.4) is 0 Å². The molecule has 0 fully saturated rings. The zero-order valence-corrected chi connectivity index (χ0v) is 13.4. The predicted octanol–water partition coefficient (Wildman–Crippen LogP) is 3.64. The highest BCUT2D eigenvalue weighted by atomic mass is 16.2. The van der Waals surface area contributed by atoms with Gasteiger partial charge in [-0.1, -0.05) is 24.3 Å². The molecule has 0 spiro atoms. The van der Waals surface area contributed by atoms with Crippen LogP contribution in [0.1, 0.15) is 34.6 Å². The summed E-state index contributed by atoms with van der Waals surface area (Å²) in [6, 6.07) is 18.6. The fourth-order valence-corrected chi connectivity index (χ4v) is 3.37. The Bertz CT molecular complexity index is 1150. The van der Waals surface area contributed by atoms with E-state index in [9.17, 15) is 10.1 Å². The van der Waals surface area contributed by atoms with Gasteiger partial charge in [0, 0.05) is 0 Å². The number of aromatic nitrogens is 2. The third-order valence-corrected chi connectivity index (χ3v) is 4.54. The highest BCUT2D eigenvalue weighted by Gasteiger charge is 2.35. The maximum absolute atomic E-state index is 13.3. The Balaban J connectivity index is 2.02. The molecular formula is C20H12N4O. The minimum absolute atomic E-state index is 0.157. The number of fused-ring (bicyclic) bond motifs is 3. The van der Waals surface area contributed by atoms with Gasteiger partial charge in [0.05, 0.1) is 34.2 Å². The largest absolute Gasteiger partial charge is 0.273 e. The molecule has 3 aromatic rings. The molecule has 0 amide bonds. The van der Waals surface area contributed by atoms with Crippen molar-refractivity contribution in [1.82, 2.24) is 9.55 Å². The van der Waals surface area contributed by atoms with Gasteiger partial charge in [0.1, 0.15) is 6.07 Å². The zero-order chi connectivity index (χ0) is 17.6. The van der Waals surface area contributed by atoms with Gasteiger partial charge in [0.25, 0.3) is 0 Å². The van der Waals surface area contributed by atoms with E-state index < -0.39 is 5.92 Å². The molecule has 2 aromatic carbocycles. The highest BCUT2D eigenvalue weighted by Crippen LogP contribution is 2.38. The Kier molecular flexibility index (Phi) is 3.23. The lowest BCUT2D eigenvalue weighted by molar-refractivity contribution is 0.0892. The monoisotopic (exact) mass is 324 g/mol. The molecule has 5 nitrogen and oxygen atoms in total. The van der Waals surface area contributed by atoms with Gasteiger partial charge >= 0.3 is 0 Å². The second-order valence-corrected chi connectivity index (χ2v) is 5.94. The van der Waals surface area contributed by atoms with E-state index in [0.717, 1.165) is 0 Å². The van der Waals surface area contributed by atoms with Gasteiger partial charge in [0.2, 0.25) is 5.91 Å². The van der Waals surface area contributed by atoms with Crippen molar-refractivity contribution in [3.63, 3.8) is 0 Å². The fourth-order valence-electron chi connectivity index (χ4n) is 3.37. The first-order valence-electron chi connectivity index (χ1n) is 7.78. The van der Waals surface area contributed by atoms with E-state index in [1.54, 1.807) is 25.1 Å². The molecule has 0 saturated carbocycles. The maximum Gasteiger partial charge on any atom is 0.244 e. The summed E-state index contributed by atoms with van der Waals surface area (Å²) in [5.74, 6) is -0.373. The molecule has 2 heterocycles. The van der Waals surface area contributed by atoms with Crippen molar-refractivity contribution in [2.24, 2.45) is 0 Å². The quantitative estimate of drug-likeness (QED) is 0.684. The molecule has 1 aliphatic rings. The molecule has 0 N–H and O–H groups in total. The zero-order valence-electron chi connectivity index (χ0n) is 13.4. The van der Waals surface area contributed by atoms with Crippen LogP contribution < -0.4 is 0 Å². The summed E-state index contributed by atoms with van der Waals surface area (Å²) in [5.41, 5.74) is 3.62. The maximum atomic E-state index is 13.3. The van der Waals surface area contributed by atoms with Crippen molar-refractivity contribution in [1.29, 1.82) is 10.5 Å². The van der Waals surface area contributed by atoms with Crippen LogP contribution in [-0.4, -0.2) is 15.5 Å². The standard InChI is InChI=1S/C20H12N4O/c1-12-15(11-22)19-23-16-7-2-3-8-17(16)24(19)20(25)18(12)14-6-4-5-13(9-14)10-21/h2-9,18H,1H3. The number of carbonyl (C=O) groups excluding carboxylic acids is 1. The first-order valence-corrected chi connectivity index (χ1v) is 7.78. The van der Waals surface area contributed by atoms with Crippen molar-refractivity contribution in [3.05, 3.63) is 71.1 Å². The predicted molar refractivity (Wildman–Crippen MR) is 92.5 cm³/mol. The Labute approximate surface area is 144 Å². The topological polar surface area (TPSA) is 82.5 Å². The number of benzene rings is 2. The Morgan fingerprint density at radius 2 is 1.88 bits per heavy atom. The van der Waals surface area contributed by atoms with Crippen LogP contribution in [0.2, 0.25) is 0 Å². The summed E-state index contributed by atoms with van der Waals surface area (Å²) in [7, 11) is 0. The van der Waals surface area contributed by atoms with Gasteiger partial charge < -0.3 is 0 Å². The summed E-state index contributed by atoms with van der Waals surface area (Å²) in [5, 5.41) is 18.8. The minimum atomic E-state index is -0.604. The number of imidazole rings is 1. The molecular weight excluding hydrogens is 312 g/mol. The summed E-state index contributed by atoms with van der Waals surface area (Å²) in [6.45, 7) is 1.78. The SMILES string of the molecule is CC1=C(C#N)c2nc3ccccc3n2C(=O)C1c1cccc(C#N)c1. The van der Waals surface area contributed by atoms with E-state index in [1.165, 1.54) is 4.57 Å². The third kappa shape index (κ3) is 2.07. The normalized spacial score (nSPS) is 16.4. The van der Waals surface area contributed by atoms with Crippen molar-refractivity contribution in [3.8, 4) is 12.1 Å². The van der Waals surface area contributed by atoms with Crippen LogP contribution in [0.5, 0.6) is 0 Å². The molecule has 0 radical (unpaired) electrons. The van der Waals surface area contributed by atoms with Crippen molar-refractivity contribution in [2.75, 3.05) is 0 Å². The Morgan fingerprint density at radius 1 is 1.08 bits per heavy atom. The number of rotatable bonds is 1. The molecule has 25 heavy (non-hydrogen) atoms. The molecule has 5 heteroatoms. The summed E-state index contributed by atoms with van der Waals surface area (Å²) in [6.07, 6.45) is 0. The first-order chi connectivity index (χ1) is 12.2. The van der Waals surface area contributed by atoms with Gasteiger partial charge in [-0.2, -0.15) is 10.5 Å². The smallest absolute Gasteiger partial charge is 0.244 e. The third-order valence-electron chi connectivity index (χ3n) is 4.54. The minimum Gasteiger partial charge on any atom is -0.273 e. The number of nitriles is 2. The number of para-hydroxylation sites is 2. The molecule has 1 unspecified atom stereocenters. The molecule has 0 bridgehead atoms. The lowest BCUT2D eigenvalue weighted by atomic mass is 9.85.